The molecule has 734 valence electrons. The van der Waals surface area contributed by atoms with Crippen molar-refractivity contribution in [1.29, 1.82) is 0 Å². The minimum absolute atomic E-state index is 0.457. The van der Waals surface area contributed by atoms with Crippen molar-refractivity contribution in [3.63, 3.8) is 0 Å². The van der Waals surface area contributed by atoms with Gasteiger partial charge in [0.15, 0.2) is 0 Å². The summed E-state index contributed by atoms with van der Waals surface area (Å²) in [6, 6.07) is 36.9. The highest BCUT2D eigenvalue weighted by atomic mass is 31.2. The Morgan fingerprint density at radius 2 is 0.438 bits per heavy atom. The van der Waals surface area contributed by atoms with Crippen LogP contribution in [-0.4, -0.2) is 29.4 Å². The highest BCUT2D eigenvalue weighted by Crippen LogP contribution is 2.76. The summed E-state index contributed by atoms with van der Waals surface area (Å²) in [5, 5.41) is 0. The van der Waals surface area contributed by atoms with Crippen LogP contribution in [0.5, 0.6) is 17.2 Å². The van der Waals surface area contributed by atoms with Gasteiger partial charge >= 0.3 is 25.8 Å². The molecule has 130 heavy (non-hydrogen) atoms. The number of rotatable bonds is 51. The second kappa shape index (κ2) is 49.4. The lowest BCUT2D eigenvalue weighted by Gasteiger charge is -2.68. The fourth-order valence-corrected chi connectivity index (χ4v) is 23.7. The molecular formula is C118H193O9P3. The summed E-state index contributed by atoms with van der Waals surface area (Å²) in [4.78, 5) is 70.0. The minimum Gasteiger partial charge on any atom is -0.427 e. The molecule has 0 bridgehead atoms. The lowest BCUT2D eigenvalue weighted by Crippen LogP contribution is -2.64. The van der Waals surface area contributed by atoms with E-state index in [1.807, 2.05) is 0 Å². The van der Waals surface area contributed by atoms with Crippen molar-refractivity contribution < 1.29 is 42.9 Å². The third kappa shape index (κ3) is 29.9. The molecule has 0 saturated heterocycles. The molecule has 0 fully saturated rings. The van der Waals surface area contributed by atoms with Gasteiger partial charge in [-0.25, -0.2) is 0 Å². The van der Waals surface area contributed by atoms with Crippen LogP contribution in [0.3, 0.4) is 0 Å². The molecule has 0 saturated carbocycles. The van der Waals surface area contributed by atoms with E-state index in [0.29, 0.717) is 23.7 Å². The quantitative estimate of drug-likeness (QED) is 0.0162. The predicted octanol–water partition coefficient (Wildman–Crippen LogP) is 36.3. The molecule has 1 atom stereocenters. The van der Waals surface area contributed by atoms with Crippen LogP contribution in [0.1, 0.15) is 545 Å². The molecule has 0 aliphatic heterocycles. The standard InChI is InChI=1S/C118H193O9P3/c1-34-37-40-43-46-49-52-55-58-61-64-76-116(77-65-62-59-56-53-50-47-44-41-38-35-2,117(78-66-63-60-57-54-51-48-45-42-39-36-3,94-82-97(113(25,26)27)100(79-85(94)4)125-128(119)120)95-83-98(114(28,29)30)101(80-86(95)5)126-129(121)122)118(105-92(111(19,20)21)74-69-75-93(105)112(22,23)24,96-84-99(115(31,32)33)102(81-87(96)6)127-130(123)124)106(103-88(107(7,8)9)70-67-71-89(103)108(10,11)12)104-90(109(13,14)15)72-68-73-91(104)110(16,17)18/h67-75,79-84,106,119-124H,34-66,76-78H2,1-33H3. The summed E-state index contributed by atoms with van der Waals surface area (Å²) in [5.74, 6) is 0.769. The van der Waals surface area contributed by atoms with E-state index in [-0.39, 0.29) is 0 Å². The van der Waals surface area contributed by atoms with Gasteiger partial charge in [-0.2, -0.15) is 0 Å². The molecule has 0 amide bonds. The smallest absolute Gasteiger partial charge is 0.391 e. The SMILES string of the molecule is CCCCCCCCCCCCCC(c1cc(C(C)(C)C)c(OP(O)O)cc1C)(c1cc(C(C)(C)C)c(OP(O)O)cc1C)C(CCCCCCCCCCCCC)(CCCCCCCCCCCCC)C(c1cc(C(C)(C)C)c(OP(O)O)cc1C)(c1c(C(C)(C)C)cccc1C(C)(C)C)C(c1c(C(C)(C)C)cccc1C(C)(C)C)c1c(C(C)(C)C)cccc1C(C)(C)C. The van der Waals surface area contributed by atoms with Crippen LogP contribution in [0.2, 0.25) is 0 Å². The second-order valence-corrected chi connectivity index (χ2v) is 51.2. The average molecular weight is 1850 g/mol. The van der Waals surface area contributed by atoms with Crippen molar-refractivity contribution in [3.8, 4) is 17.2 Å². The molecule has 0 aromatic heterocycles. The van der Waals surface area contributed by atoms with E-state index in [0.717, 1.165) is 123 Å². The van der Waals surface area contributed by atoms with Crippen molar-refractivity contribution >= 4 is 25.8 Å². The van der Waals surface area contributed by atoms with Gasteiger partial charge in [0.25, 0.3) is 0 Å². The van der Waals surface area contributed by atoms with Gasteiger partial charge in [-0.1, -0.05) is 492 Å². The monoisotopic (exact) mass is 1850 g/mol. The molecule has 1 unspecified atom stereocenters. The van der Waals surface area contributed by atoms with Crippen molar-refractivity contribution in [2.75, 3.05) is 0 Å². The Hall–Kier alpha value is -4.23. The Kier molecular flexibility index (Phi) is 43.5. The number of aryl methyl sites for hydroxylation is 3. The van der Waals surface area contributed by atoms with Gasteiger partial charge in [0.05, 0.1) is 0 Å². The molecule has 0 spiro atoms. The van der Waals surface area contributed by atoms with E-state index >= 15 is 0 Å². The van der Waals surface area contributed by atoms with E-state index in [2.05, 4.69) is 319 Å². The fraction of sp³-hybridized carbons (Fsp3) is 0.695. The van der Waals surface area contributed by atoms with Crippen LogP contribution in [-0.2, 0) is 59.6 Å². The van der Waals surface area contributed by atoms with E-state index < -0.39 is 96.7 Å². The summed E-state index contributed by atoms with van der Waals surface area (Å²) in [6.07, 6.45) is 40.4. The topological polar surface area (TPSA) is 149 Å². The number of benzene rings is 6. The maximum Gasteiger partial charge on any atom is 0.391 e. The normalized spacial score (nSPS) is 13.9. The molecule has 0 heterocycles. The Morgan fingerprint density at radius 1 is 0.238 bits per heavy atom. The van der Waals surface area contributed by atoms with Crippen molar-refractivity contribution in [2.45, 2.75) is 525 Å². The largest absolute Gasteiger partial charge is 0.427 e. The van der Waals surface area contributed by atoms with Crippen molar-refractivity contribution in [3.05, 3.63) is 191 Å². The zero-order chi connectivity index (χ0) is 97.6. The summed E-state index contributed by atoms with van der Waals surface area (Å²) in [6.45, 7) is 79.3. The van der Waals surface area contributed by atoms with Crippen LogP contribution in [0.15, 0.2) is 91.0 Å². The zero-order valence-corrected chi connectivity index (χ0v) is 92.1. The van der Waals surface area contributed by atoms with Gasteiger partial charge in [-0.3, -0.25) is 0 Å². The Labute approximate surface area is 802 Å². The van der Waals surface area contributed by atoms with Crippen molar-refractivity contribution in [2.24, 2.45) is 5.41 Å². The molecule has 6 aromatic carbocycles. The second-order valence-electron chi connectivity index (χ2n) is 49.1. The summed E-state index contributed by atoms with van der Waals surface area (Å²) in [5.41, 5.74) is 12.3. The first kappa shape index (κ1) is 114. The minimum atomic E-state index is -2.92. The lowest BCUT2D eigenvalue weighted by atomic mass is 9.34. The Bertz CT molecular complexity index is 4150. The third-order valence-electron chi connectivity index (χ3n) is 29.0. The predicted molar refractivity (Wildman–Crippen MR) is 566 cm³/mol. The van der Waals surface area contributed by atoms with E-state index in [4.69, 9.17) is 13.6 Å². The average Bonchev–Trinajstić information content (AvgIpc) is 0.650. The Balaban J connectivity index is 2.46. The summed E-state index contributed by atoms with van der Waals surface area (Å²) < 4.78 is 20.0. The molecule has 9 nitrogen and oxygen atoms in total. The molecule has 0 aliphatic carbocycles. The Morgan fingerprint density at radius 3 is 0.662 bits per heavy atom. The highest BCUT2D eigenvalue weighted by Gasteiger charge is 2.70. The van der Waals surface area contributed by atoms with Gasteiger partial charge in [0, 0.05) is 33.4 Å². The summed E-state index contributed by atoms with van der Waals surface area (Å²) >= 11 is 0. The van der Waals surface area contributed by atoms with E-state index in [9.17, 15) is 29.4 Å². The first-order chi connectivity index (χ1) is 60.4. The van der Waals surface area contributed by atoms with E-state index in [1.54, 1.807) is 0 Å². The first-order valence-corrected chi connectivity index (χ1v) is 55.3. The number of hydrogen-bond acceptors (Lipinski definition) is 9. The molecule has 6 rings (SSSR count). The molecule has 0 radical (unpaired) electrons. The van der Waals surface area contributed by atoms with Gasteiger partial charge in [-0.15, -0.1) is 0 Å². The maximum absolute atomic E-state index is 11.8. The van der Waals surface area contributed by atoms with Crippen LogP contribution in [0, 0.1) is 26.2 Å². The van der Waals surface area contributed by atoms with E-state index in [1.165, 1.54) is 202 Å². The molecule has 6 N–H and O–H groups in total. The molecule has 0 aliphatic rings. The first-order valence-electron chi connectivity index (χ1n) is 51.9. The van der Waals surface area contributed by atoms with Crippen LogP contribution >= 0.6 is 25.8 Å². The maximum atomic E-state index is 11.8. The lowest BCUT2D eigenvalue weighted by molar-refractivity contribution is 0.00576. The van der Waals surface area contributed by atoms with Crippen LogP contribution < -0.4 is 13.6 Å². The summed E-state index contributed by atoms with van der Waals surface area (Å²) in [7, 11) is -8.70. The number of hydrogen-bond donors (Lipinski definition) is 6. The fourth-order valence-electron chi connectivity index (χ4n) is 22.7. The van der Waals surface area contributed by atoms with Gasteiger partial charge in [0.1, 0.15) is 17.2 Å². The molecular weight excluding hydrogens is 1650 g/mol. The van der Waals surface area contributed by atoms with Gasteiger partial charge in [0.2, 0.25) is 0 Å². The number of unbranched alkanes of at least 4 members (excludes halogenated alkanes) is 30. The zero-order valence-electron chi connectivity index (χ0n) is 89.4. The van der Waals surface area contributed by atoms with Crippen LogP contribution in [0.25, 0.3) is 0 Å². The van der Waals surface area contributed by atoms with Gasteiger partial charge < -0.3 is 42.9 Å². The van der Waals surface area contributed by atoms with Crippen LogP contribution in [0.4, 0.5) is 0 Å². The molecule has 6 aromatic rings. The van der Waals surface area contributed by atoms with Crippen molar-refractivity contribution in [1.82, 2.24) is 0 Å². The highest BCUT2D eigenvalue weighted by molar-refractivity contribution is 7.40. The molecule has 12 heteroatoms. The van der Waals surface area contributed by atoms with Gasteiger partial charge in [-0.05, 0) is 196 Å². The third-order valence-corrected chi connectivity index (χ3v) is 30.0.